The number of aromatic nitrogens is 2. The van der Waals surface area contributed by atoms with E-state index in [1.807, 2.05) is 0 Å². The number of carbonyl (C=O) groups excluding carboxylic acids is 1. The van der Waals surface area contributed by atoms with E-state index in [2.05, 4.69) is 24.7 Å². The number of esters is 1. The highest BCUT2D eigenvalue weighted by Gasteiger charge is 2.14. The number of methoxy groups -OCH3 is 1. The molecule has 1 rings (SSSR count). The molecular formula is C9H14N4O4S. The van der Waals surface area contributed by atoms with Gasteiger partial charge in [0, 0.05) is 12.7 Å². The highest BCUT2D eigenvalue weighted by atomic mass is 32.2. The van der Waals surface area contributed by atoms with Gasteiger partial charge < -0.3 is 10.1 Å². The van der Waals surface area contributed by atoms with Crippen LogP contribution in [0.1, 0.15) is 10.4 Å². The zero-order chi connectivity index (χ0) is 13.6. The molecular weight excluding hydrogens is 260 g/mol. The number of hydrogen-bond donors (Lipinski definition) is 2. The molecule has 9 heteroatoms. The van der Waals surface area contributed by atoms with Crippen molar-refractivity contribution in [3.8, 4) is 0 Å². The second kappa shape index (κ2) is 6.26. The molecule has 0 amide bonds. The number of rotatable bonds is 6. The quantitative estimate of drug-likeness (QED) is 0.655. The Balaban J connectivity index is 2.71. The largest absolute Gasteiger partial charge is 0.465 e. The molecule has 0 aliphatic rings. The molecule has 1 aromatic rings. The van der Waals surface area contributed by atoms with Crippen LogP contribution in [0.15, 0.2) is 12.5 Å². The number of ether oxygens (including phenoxy) is 1. The lowest BCUT2D eigenvalue weighted by molar-refractivity contribution is 0.0601. The van der Waals surface area contributed by atoms with Crippen LogP contribution in [0.3, 0.4) is 0 Å². The fourth-order valence-electron chi connectivity index (χ4n) is 1.14. The van der Waals surface area contributed by atoms with Gasteiger partial charge in [-0.1, -0.05) is 0 Å². The lowest BCUT2D eigenvalue weighted by Crippen LogP contribution is -2.26. The predicted molar refractivity (Wildman–Crippen MR) is 64.7 cm³/mol. The molecule has 0 bridgehead atoms. The Hall–Kier alpha value is -1.74. The molecule has 0 aliphatic heterocycles. The third kappa shape index (κ3) is 3.93. The Labute approximate surface area is 105 Å². The number of hydrogen-bond acceptors (Lipinski definition) is 7. The maximum absolute atomic E-state index is 11.4. The van der Waals surface area contributed by atoms with Crippen molar-refractivity contribution in [2.75, 3.05) is 31.8 Å². The Bertz CT molecular complexity index is 517. The van der Waals surface area contributed by atoms with E-state index in [1.54, 1.807) is 0 Å². The molecule has 1 heterocycles. The molecule has 0 aliphatic carbocycles. The molecule has 0 aromatic carbocycles. The van der Waals surface area contributed by atoms with Crippen molar-refractivity contribution in [1.82, 2.24) is 14.7 Å². The topological polar surface area (TPSA) is 110 Å². The summed E-state index contributed by atoms with van der Waals surface area (Å²) in [7, 11) is -0.726. The van der Waals surface area contributed by atoms with Crippen LogP contribution in [0.2, 0.25) is 0 Å². The number of anilines is 1. The van der Waals surface area contributed by atoms with Gasteiger partial charge in [-0.2, -0.15) is 0 Å². The van der Waals surface area contributed by atoms with Crippen molar-refractivity contribution in [3.63, 3.8) is 0 Å². The summed E-state index contributed by atoms with van der Waals surface area (Å²) in [6.07, 6.45) is 2.55. The molecule has 100 valence electrons. The first kappa shape index (κ1) is 14.3. The third-order valence-corrected chi connectivity index (χ3v) is 3.46. The Morgan fingerprint density at radius 1 is 1.50 bits per heavy atom. The van der Waals surface area contributed by atoms with E-state index in [9.17, 15) is 13.2 Å². The van der Waals surface area contributed by atoms with Crippen molar-refractivity contribution in [2.45, 2.75) is 0 Å². The standard InChI is InChI=1S/C9H14N4O4S/c1-10-18(15,16)4-3-12-8-7(9(14)17-2)5-11-6-13-8/h5-6,10H,3-4H2,1-2H3,(H,11,12,13). The van der Waals surface area contributed by atoms with E-state index in [0.717, 1.165) is 0 Å². The lowest BCUT2D eigenvalue weighted by atomic mass is 10.3. The first-order valence-corrected chi connectivity index (χ1v) is 6.69. The van der Waals surface area contributed by atoms with Crippen LogP contribution in [-0.4, -0.2) is 50.8 Å². The Morgan fingerprint density at radius 2 is 2.22 bits per heavy atom. The average molecular weight is 274 g/mol. The van der Waals surface area contributed by atoms with Gasteiger partial charge in [0.05, 0.1) is 12.9 Å². The minimum absolute atomic E-state index is 0.115. The van der Waals surface area contributed by atoms with Gasteiger partial charge in [-0.05, 0) is 7.05 Å². The Morgan fingerprint density at radius 3 is 2.83 bits per heavy atom. The van der Waals surface area contributed by atoms with Gasteiger partial charge in [-0.15, -0.1) is 0 Å². The van der Waals surface area contributed by atoms with E-state index < -0.39 is 16.0 Å². The molecule has 1 aromatic heterocycles. The fraction of sp³-hybridized carbons (Fsp3) is 0.444. The Kier molecular flexibility index (Phi) is 4.98. The van der Waals surface area contributed by atoms with Gasteiger partial charge in [-0.3, -0.25) is 0 Å². The van der Waals surface area contributed by atoms with Crippen molar-refractivity contribution in [1.29, 1.82) is 0 Å². The van der Waals surface area contributed by atoms with Crippen LogP contribution < -0.4 is 10.0 Å². The summed E-state index contributed by atoms with van der Waals surface area (Å²) in [5, 5.41) is 2.75. The van der Waals surface area contributed by atoms with Gasteiger partial charge in [0.1, 0.15) is 17.7 Å². The zero-order valence-corrected chi connectivity index (χ0v) is 10.8. The van der Waals surface area contributed by atoms with E-state index >= 15 is 0 Å². The van der Waals surface area contributed by atoms with Crippen molar-refractivity contribution in [3.05, 3.63) is 18.1 Å². The van der Waals surface area contributed by atoms with Crippen LogP contribution in [0.5, 0.6) is 0 Å². The van der Waals surface area contributed by atoms with E-state index in [4.69, 9.17) is 0 Å². The van der Waals surface area contributed by atoms with Gasteiger partial charge >= 0.3 is 5.97 Å². The van der Waals surface area contributed by atoms with Crippen molar-refractivity contribution >= 4 is 21.8 Å². The minimum atomic E-state index is -3.30. The summed E-state index contributed by atoms with van der Waals surface area (Å²) in [6.45, 7) is 0.115. The molecule has 18 heavy (non-hydrogen) atoms. The van der Waals surface area contributed by atoms with Gasteiger partial charge in [0.2, 0.25) is 10.0 Å². The summed E-state index contributed by atoms with van der Waals surface area (Å²) in [5.41, 5.74) is 0.154. The molecule has 0 saturated heterocycles. The molecule has 2 N–H and O–H groups in total. The number of sulfonamides is 1. The highest BCUT2D eigenvalue weighted by molar-refractivity contribution is 7.89. The summed E-state index contributed by atoms with van der Waals surface area (Å²) < 4.78 is 29.1. The van der Waals surface area contributed by atoms with Crippen LogP contribution in [0, 0.1) is 0 Å². The fourth-order valence-corrected chi connectivity index (χ4v) is 1.71. The molecule has 0 fully saturated rings. The number of nitrogens with zero attached hydrogens (tertiary/aromatic N) is 2. The lowest BCUT2D eigenvalue weighted by Gasteiger charge is -2.08. The number of carbonyl (C=O) groups is 1. The van der Waals surface area contributed by atoms with E-state index in [-0.39, 0.29) is 23.7 Å². The summed E-state index contributed by atoms with van der Waals surface area (Å²) in [4.78, 5) is 18.9. The molecule has 8 nitrogen and oxygen atoms in total. The van der Waals surface area contributed by atoms with E-state index in [0.29, 0.717) is 0 Å². The summed E-state index contributed by atoms with van der Waals surface area (Å²) in [5.74, 6) is -0.480. The van der Waals surface area contributed by atoms with Crippen LogP contribution in [0.25, 0.3) is 0 Å². The molecule has 0 spiro atoms. The van der Waals surface area contributed by atoms with Crippen LogP contribution >= 0.6 is 0 Å². The molecule has 0 unspecified atom stereocenters. The highest BCUT2D eigenvalue weighted by Crippen LogP contribution is 2.10. The first-order valence-electron chi connectivity index (χ1n) is 5.03. The second-order valence-electron chi connectivity index (χ2n) is 3.23. The zero-order valence-electron chi connectivity index (χ0n) is 10.0. The van der Waals surface area contributed by atoms with Crippen molar-refractivity contribution in [2.24, 2.45) is 0 Å². The van der Waals surface area contributed by atoms with Crippen molar-refractivity contribution < 1.29 is 17.9 Å². The smallest absolute Gasteiger partial charge is 0.343 e. The second-order valence-corrected chi connectivity index (χ2v) is 5.27. The minimum Gasteiger partial charge on any atom is -0.465 e. The first-order chi connectivity index (χ1) is 8.50. The average Bonchev–Trinajstić information content (AvgIpc) is 2.38. The monoisotopic (exact) mass is 274 g/mol. The maximum Gasteiger partial charge on any atom is 0.343 e. The van der Waals surface area contributed by atoms with Crippen LogP contribution in [-0.2, 0) is 14.8 Å². The van der Waals surface area contributed by atoms with Gasteiger partial charge in [0.25, 0.3) is 0 Å². The van der Waals surface area contributed by atoms with Gasteiger partial charge in [0.15, 0.2) is 0 Å². The van der Waals surface area contributed by atoms with Crippen LogP contribution in [0.4, 0.5) is 5.82 Å². The van der Waals surface area contributed by atoms with E-state index in [1.165, 1.54) is 26.7 Å². The molecule has 0 atom stereocenters. The van der Waals surface area contributed by atoms with Gasteiger partial charge in [-0.25, -0.2) is 27.9 Å². The summed E-state index contributed by atoms with van der Waals surface area (Å²) in [6, 6.07) is 0. The third-order valence-electron chi connectivity index (χ3n) is 2.09. The predicted octanol–water partition coefficient (Wildman–Crippen LogP) is -0.776. The maximum atomic E-state index is 11.4. The number of nitrogens with one attached hydrogen (secondary N) is 2. The summed E-state index contributed by atoms with van der Waals surface area (Å²) >= 11 is 0. The molecule has 0 radical (unpaired) electrons. The normalized spacial score (nSPS) is 11.0. The SMILES string of the molecule is CNS(=O)(=O)CCNc1ncncc1C(=O)OC. The molecule has 0 saturated carbocycles.